The zero-order valence-electron chi connectivity index (χ0n) is 11.5. The monoisotopic (exact) mass is 370 g/mol. The number of halogens is 5. The summed E-state index contributed by atoms with van der Waals surface area (Å²) in [4.78, 5) is 13.9. The van der Waals surface area contributed by atoms with Gasteiger partial charge in [0.05, 0.1) is 12.6 Å². The van der Waals surface area contributed by atoms with E-state index in [4.69, 9.17) is 23.2 Å². The van der Waals surface area contributed by atoms with Crippen LogP contribution in [0.15, 0.2) is 12.1 Å². The van der Waals surface area contributed by atoms with Gasteiger partial charge in [-0.15, -0.1) is 12.4 Å². The molecule has 2 aliphatic heterocycles. The number of nitrogens with zero attached hydrogens (tertiary/aromatic N) is 1. The molecule has 2 aliphatic rings. The number of rotatable bonds is 1. The van der Waals surface area contributed by atoms with E-state index in [1.807, 2.05) is 6.07 Å². The number of hydrogen-bond acceptors (Lipinski definition) is 2. The van der Waals surface area contributed by atoms with Crippen molar-refractivity contribution >= 4 is 41.5 Å². The van der Waals surface area contributed by atoms with Gasteiger partial charge in [0.1, 0.15) is 0 Å². The van der Waals surface area contributed by atoms with Gasteiger partial charge in [-0.05, 0) is 29.7 Å². The minimum absolute atomic E-state index is 0. The summed E-state index contributed by atoms with van der Waals surface area (Å²) in [6.45, 7) is 0.393. The van der Waals surface area contributed by atoms with Crippen molar-refractivity contribution in [2.75, 3.05) is 13.1 Å². The zero-order valence-corrected chi connectivity index (χ0v) is 13.9. The third-order valence-electron chi connectivity index (χ3n) is 3.97. The van der Waals surface area contributed by atoms with Gasteiger partial charge < -0.3 is 4.90 Å². The lowest BCUT2D eigenvalue weighted by Crippen LogP contribution is -2.45. The van der Waals surface area contributed by atoms with Crippen LogP contribution in [0.3, 0.4) is 0 Å². The molecule has 1 saturated heterocycles. The fourth-order valence-corrected chi connectivity index (χ4v) is 3.48. The molecule has 1 fully saturated rings. The van der Waals surface area contributed by atoms with Crippen molar-refractivity contribution in [3.05, 3.63) is 33.3 Å². The molecule has 8 heteroatoms. The summed E-state index contributed by atoms with van der Waals surface area (Å²) in [6, 6.07) is 2.66. The van der Waals surface area contributed by atoms with E-state index in [-0.39, 0.29) is 18.3 Å². The molecule has 1 aromatic rings. The highest BCUT2D eigenvalue weighted by Gasteiger charge is 2.43. The first-order valence-electron chi connectivity index (χ1n) is 6.72. The molecule has 0 saturated carbocycles. The summed E-state index contributed by atoms with van der Waals surface area (Å²) in [7, 11) is 0. The quantitative estimate of drug-likeness (QED) is 0.821. The second-order valence-corrected chi connectivity index (χ2v) is 6.37. The second kappa shape index (κ2) is 6.48. The standard InChI is InChI=1S/C14H14Cl2F2N2O.ClH/c15-9-3-8-1-2-20(6-10(8)11(16)4-9)13(21)12-5-14(17,18)7-19-12;/h3-4,12,19H,1-2,5-7H2;1H. The summed E-state index contributed by atoms with van der Waals surface area (Å²) in [5.41, 5.74) is 1.87. The predicted molar refractivity (Wildman–Crippen MR) is 84.2 cm³/mol. The summed E-state index contributed by atoms with van der Waals surface area (Å²) in [5, 5.41) is 3.68. The van der Waals surface area contributed by atoms with Crippen LogP contribution in [0.4, 0.5) is 8.78 Å². The summed E-state index contributed by atoms with van der Waals surface area (Å²) in [5.74, 6) is -3.09. The smallest absolute Gasteiger partial charge is 0.262 e. The Morgan fingerprint density at radius 3 is 2.73 bits per heavy atom. The van der Waals surface area contributed by atoms with Crippen molar-refractivity contribution in [1.82, 2.24) is 10.2 Å². The van der Waals surface area contributed by atoms with Gasteiger partial charge >= 0.3 is 0 Å². The van der Waals surface area contributed by atoms with Crippen molar-refractivity contribution in [3.63, 3.8) is 0 Å². The van der Waals surface area contributed by atoms with E-state index in [1.165, 1.54) is 0 Å². The Labute approximate surface area is 143 Å². The number of carbonyl (C=O) groups excluding carboxylic acids is 1. The van der Waals surface area contributed by atoms with Crippen molar-refractivity contribution in [1.29, 1.82) is 0 Å². The van der Waals surface area contributed by atoms with E-state index in [9.17, 15) is 13.6 Å². The number of amides is 1. The number of fused-ring (bicyclic) bond motifs is 1. The minimum Gasteiger partial charge on any atom is -0.337 e. The van der Waals surface area contributed by atoms with E-state index < -0.39 is 24.9 Å². The fourth-order valence-electron chi connectivity index (χ4n) is 2.88. The molecule has 0 spiro atoms. The molecule has 0 bridgehead atoms. The number of carbonyl (C=O) groups is 1. The first kappa shape index (κ1) is 17.7. The van der Waals surface area contributed by atoms with Crippen LogP contribution in [0, 0.1) is 0 Å². The first-order valence-corrected chi connectivity index (χ1v) is 7.48. The molecule has 22 heavy (non-hydrogen) atoms. The Morgan fingerprint density at radius 2 is 2.09 bits per heavy atom. The van der Waals surface area contributed by atoms with Crippen molar-refractivity contribution < 1.29 is 13.6 Å². The van der Waals surface area contributed by atoms with Crippen LogP contribution in [0.25, 0.3) is 0 Å². The van der Waals surface area contributed by atoms with Gasteiger partial charge in [0.15, 0.2) is 0 Å². The van der Waals surface area contributed by atoms with Gasteiger partial charge in [0, 0.05) is 29.6 Å². The van der Waals surface area contributed by atoms with Crippen LogP contribution in [0.1, 0.15) is 17.5 Å². The van der Waals surface area contributed by atoms with E-state index >= 15 is 0 Å². The largest absolute Gasteiger partial charge is 0.337 e. The third-order valence-corrected chi connectivity index (χ3v) is 4.53. The average molecular weight is 372 g/mol. The Balaban J connectivity index is 0.00000176. The number of alkyl halides is 2. The van der Waals surface area contributed by atoms with Crippen molar-refractivity contribution in [2.45, 2.75) is 31.4 Å². The van der Waals surface area contributed by atoms with Gasteiger partial charge in [-0.1, -0.05) is 23.2 Å². The van der Waals surface area contributed by atoms with Gasteiger partial charge in [-0.3, -0.25) is 10.1 Å². The lowest BCUT2D eigenvalue weighted by atomic mass is 9.99. The Morgan fingerprint density at radius 1 is 1.36 bits per heavy atom. The third kappa shape index (κ3) is 3.48. The number of benzene rings is 1. The first-order chi connectivity index (χ1) is 9.85. The molecule has 0 aliphatic carbocycles. The minimum atomic E-state index is -2.81. The van der Waals surface area contributed by atoms with Crippen LogP contribution >= 0.6 is 35.6 Å². The topological polar surface area (TPSA) is 32.3 Å². The maximum Gasteiger partial charge on any atom is 0.262 e. The maximum atomic E-state index is 13.2. The lowest BCUT2D eigenvalue weighted by molar-refractivity contribution is -0.134. The summed E-state index contributed by atoms with van der Waals surface area (Å²) >= 11 is 12.1. The van der Waals surface area contributed by atoms with Crippen LogP contribution in [-0.2, 0) is 17.8 Å². The van der Waals surface area contributed by atoms with Crippen molar-refractivity contribution in [3.8, 4) is 0 Å². The Hall–Kier alpha value is -0.620. The SMILES string of the molecule is Cl.O=C(C1CC(F)(F)CN1)N1CCc2cc(Cl)cc(Cl)c2C1. The Kier molecular flexibility index (Phi) is 5.22. The molecular weight excluding hydrogens is 357 g/mol. The summed E-state index contributed by atoms with van der Waals surface area (Å²) in [6.07, 6.45) is 0.188. The molecule has 122 valence electrons. The lowest BCUT2D eigenvalue weighted by Gasteiger charge is -2.31. The molecule has 1 unspecified atom stereocenters. The van der Waals surface area contributed by atoms with Gasteiger partial charge in [0.25, 0.3) is 5.92 Å². The molecule has 1 amide bonds. The molecule has 1 N–H and O–H groups in total. The number of nitrogens with one attached hydrogen (secondary N) is 1. The van der Waals surface area contributed by atoms with Crippen LogP contribution in [0.5, 0.6) is 0 Å². The van der Waals surface area contributed by atoms with Crippen LogP contribution in [0.2, 0.25) is 10.0 Å². The molecule has 1 atom stereocenters. The maximum absolute atomic E-state index is 13.2. The molecule has 2 heterocycles. The predicted octanol–water partition coefficient (Wildman–Crippen LogP) is 3.30. The van der Waals surface area contributed by atoms with Crippen molar-refractivity contribution in [2.24, 2.45) is 0 Å². The highest BCUT2D eigenvalue weighted by atomic mass is 35.5. The normalized spacial score (nSPS) is 22.9. The summed E-state index contributed by atoms with van der Waals surface area (Å²) < 4.78 is 26.4. The molecule has 3 rings (SSSR count). The van der Waals surface area contributed by atoms with Gasteiger partial charge in [-0.2, -0.15) is 0 Å². The van der Waals surface area contributed by atoms with Crippen LogP contribution in [-0.4, -0.2) is 35.9 Å². The zero-order chi connectivity index (χ0) is 15.2. The highest BCUT2D eigenvalue weighted by molar-refractivity contribution is 6.35. The average Bonchev–Trinajstić information content (AvgIpc) is 2.78. The Bertz CT molecular complexity index is 598. The van der Waals surface area contributed by atoms with E-state index in [0.717, 1.165) is 11.1 Å². The fraction of sp³-hybridized carbons (Fsp3) is 0.500. The van der Waals surface area contributed by atoms with E-state index in [2.05, 4.69) is 5.32 Å². The highest BCUT2D eigenvalue weighted by Crippen LogP contribution is 2.31. The van der Waals surface area contributed by atoms with Gasteiger partial charge in [0.2, 0.25) is 5.91 Å². The molecule has 1 aromatic carbocycles. The second-order valence-electron chi connectivity index (χ2n) is 5.53. The van der Waals surface area contributed by atoms with Gasteiger partial charge in [-0.25, -0.2) is 8.78 Å². The number of hydrogen-bond donors (Lipinski definition) is 1. The van der Waals surface area contributed by atoms with E-state index in [0.29, 0.717) is 29.6 Å². The molecular formula is C14H15Cl3F2N2O. The molecule has 0 radical (unpaired) electrons. The molecule has 0 aromatic heterocycles. The van der Waals surface area contributed by atoms with E-state index in [1.54, 1.807) is 11.0 Å². The molecule has 3 nitrogen and oxygen atoms in total. The van der Waals surface area contributed by atoms with Crippen LogP contribution < -0.4 is 5.32 Å².